The summed E-state index contributed by atoms with van der Waals surface area (Å²) in [5.41, 5.74) is 7.44. The number of carbonyl (C=O) groups excluding carboxylic acids is 1. The van der Waals surface area contributed by atoms with Crippen LogP contribution in [0.2, 0.25) is 0 Å². The van der Waals surface area contributed by atoms with Gasteiger partial charge in [0.05, 0.1) is 0 Å². The molecule has 3 heteroatoms. The van der Waals surface area contributed by atoms with Gasteiger partial charge in [-0.05, 0) is 54.0 Å². The molecular weight excluding hydrogens is 452 g/mol. The quantitative estimate of drug-likeness (QED) is 0.219. The van der Waals surface area contributed by atoms with E-state index in [1.165, 1.54) is 33.2 Å². The molecule has 0 radical (unpaired) electrons. The number of aromatic nitrogens is 1. The zero-order valence-electron chi connectivity index (χ0n) is 21.4. The first-order valence-electron chi connectivity index (χ1n) is 13.1. The number of nitrogens with zero attached hydrogens (tertiary/aromatic N) is 1. The van der Waals surface area contributed by atoms with E-state index in [0.29, 0.717) is 13.0 Å². The average molecular weight is 487 g/mol. The van der Waals surface area contributed by atoms with Gasteiger partial charge in [-0.25, -0.2) is 0 Å². The van der Waals surface area contributed by atoms with E-state index in [2.05, 4.69) is 102 Å². The average Bonchev–Trinajstić information content (AvgIpc) is 3.30. The maximum Gasteiger partial charge on any atom is 0.220 e. The lowest BCUT2D eigenvalue weighted by atomic mass is 9.89. The highest BCUT2D eigenvalue weighted by Gasteiger charge is 2.21. The Bertz CT molecular complexity index is 1440. The van der Waals surface area contributed by atoms with Crippen LogP contribution in [0.1, 0.15) is 46.6 Å². The number of aryl methyl sites for hydroxylation is 2. The number of benzene rings is 4. The molecule has 1 N–H and O–H groups in total. The van der Waals surface area contributed by atoms with E-state index in [4.69, 9.17) is 0 Å². The Labute approximate surface area is 219 Å². The normalized spacial score (nSPS) is 11.9. The summed E-state index contributed by atoms with van der Waals surface area (Å²) in [6.45, 7) is 3.49. The number of hydrogen-bond acceptors (Lipinski definition) is 1. The number of amides is 1. The zero-order valence-corrected chi connectivity index (χ0v) is 21.4. The van der Waals surface area contributed by atoms with Gasteiger partial charge in [0, 0.05) is 36.6 Å². The monoisotopic (exact) mass is 486 g/mol. The zero-order chi connectivity index (χ0) is 25.5. The lowest BCUT2D eigenvalue weighted by Gasteiger charge is -2.17. The Morgan fingerprint density at radius 2 is 1.41 bits per heavy atom. The van der Waals surface area contributed by atoms with Crippen molar-refractivity contribution >= 4 is 16.8 Å². The van der Waals surface area contributed by atoms with Gasteiger partial charge in [0.15, 0.2) is 0 Å². The van der Waals surface area contributed by atoms with Crippen molar-refractivity contribution in [2.75, 3.05) is 0 Å². The summed E-state index contributed by atoms with van der Waals surface area (Å²) >= 11 is 0. The third kappa shape index (κ3) is 6.37. The number of rotatable bonds is 10. The molecule has 1 atom stereocenters. The van der Waals surface area contributed by atoms with Gasteiger partial charge in [0.25, 0.3) is 0 Å². The molecule has 1 aromatic heterocycles. The second-order valence-corrected chi connectivity index (χ2v) is 9.90. The van der Waals surface area contributed by atoms with Crippen LogP contribution in [0.3, 0.4) is 0 Å². The van der Waals surface area contributed by atoms with Crippen LogP contribution in [-0.2, 0) is 24.3 Å². The van der Waals surface area contributed by atoms with Crippen LogP contribution >= 0.6 is 0 Å². The van der Waals surface area contributed by atoms with E-state index in [9.17, 15) is 4.79 Å². The summed E-state index contributed by atoms with van der Waals surface area (Å²) in [7, 11) is 0. The predicted octanol–water partition coefficient (Wildman–Crippen LogP) is 7.42. The molecule has 0 saturated heterocycles. The summed E-state index contributed by atoms with van der Waals surface area (Å²) in [5, 5.41) is 4.39. The summed E-state index contributed by atoms with van der Waals surface area (Å²) in [6.07, 6.45) is 4.61. The smallest absolute Gasteiger partial charge is 0.220 e. The molecule has 0 spiro atoms. The molecule has 0 bridgehead atoms. The van der Waals surface area contributed by atoms with E-state index in [0.717, 1.165) is 24.9 Å². The minimum Gasteiger partial charge on any atom is -0.352 e. The Morgan fingerprint density at radius 3 is 2.14 bits per heavy atom. The fourth-order valence-corrected chi connectivity index (χ4v) is 5.07. The second-order valence-electron chi connectivity index (χ2n) is 9.90. The van der Waals surface area contributed by atoms with Crippen LogP contribution < -0.4 is 5.32 Å². The number of hydrogen-bond donors (Lipinski definition) is 1. The van der Waals surface area contributed by atoms with Crippen LogP contribution in [0.15, 0.2) is 115 Å². The van der Waals surface area contributed by atoms with Crippen LogP contribution in [0.4, 0.5) is 0 Å². The Balaban J connectivity index is 1.41. The van der Waals surface area contributed by atoms with Gasteiger partial charge in [-0.1, -0.05) is 109 Å². The van der Waals surface area contributed by atoms with Gasteiger partial charge in [-0.15, -0.1) is 0 Å². The number of fused-ring (bicyclic) bond motifs is 1. The van der Waals surface area contributed by atoms with Crippen LogP contribution in [-0.4, -0.2) is 10.5 Å². The number of para-hydroxylation sites is 1. The SMILES string of the molecule is Cc1ccc(Cn2cc([C@@H](CCc3ccccc3)CC(=O)NCc3ccccc3)c3ccccc32)cc1. The molecule has 5 rings (SSSR count). The largest absolute Gasteiger partial charge is 0.352 e. The molecule has 0 aliphatic carbocycles. The first-order chi connectivity index (χ1) is 18.2. The Morgan fingerprint density at radius 1 is 0.757 bits per heavy atom. The molecule has 0 fully saturated rings. The Hall–Kier alpha value is -4.11. The summed E-state index contributed by atoms with van der Waals surface area (Å²) in [5.74, 6) is 0.220. The van der Waals surface area contributed by atoms with E-state index < -0.39 is 0 Å². The van der Waals surface area contributed by atoms with Crippen molar-refractivity contribution in [1.82, 2.24) is 9.88 Å². The number of carbonyl (C=O) groups is 1. The molecule has 1 amide bonds. The third-order valence-corrected chi connectivity index (χ3v) is 7.12. The van der Waals surface area contributed by atoms with Crippen molar-refractivity contribution in [3.8, 4) is 0 Å². The Kier molecular flexibility index (Phi) is 7.81. The van der Waals surface area contributed by atoms with Crippen molar-refractivity contribution in [1.29, 1.82) is 0 Å². The molecule has 0 aliphatic rings. The van der Waals surface area contributed by atoms with Gasteiger partial charge >= 0.3 is 0 Å². The van der Waals surface area contributed by atoms with Crippen molar-refractivity contribution in [3.63, 3.8) is 0 Å². The van der Waals surface area contributed by atoms with Crippen LogP contribution in [0.25, 0.3) is 10.9 Å². The second kappa shape index (κ2) is 11.7. The molecule has 0 saturated carbocycles. The molecular formula is C34H34N2O. The molecule has 5 aromatic rings. The van der Waals surface area contributed by atoms with Crippen molar-refractivity contribution in [2.45, 2.75) is 45.2 Å². The minimum atomic E-state index is 0.0947. The fourth-order valence-electron chi connectivity index (χ4n) is 5.07. The minimum absolute atomic E-state index is 0.0947. The van der Waals surface area contributed by atoms with Gasteiger partial charge in [-0.2, -0.15) is 0 Å². The van der Waals surface area contributed by atoms with Crippen LogP contribution in [0, 0.1) is 6.92 Å². The highest BCUT2D eigenvalue weighted by Crippen LogP contribution is 2.33. The molecule has 37 heavy (non-hydrogen) atoms. The molecule has 4 aromatic carbocycles. The highest BCUT2D eigenvalue weighted by molar-refractivity contribution is 5.86. The lowest BCUT2D eigenvalue weighted by Crippen LogP contribution is -2.24. The maximum atomic E-state index is 13.2. The van der Waals surface area contributed by atoms with Gasteiger partial charge < -0.3 is 9.88 Å². The van der Waals surface area contributed by atoms with Crippen molar-refractivity contribution in [3.05, 3.63) is 143 Å². The first kappa shape index (κ1) is 24.6. The van der Waals surface area contributed by atoms with Crippen molar-refractivity contribution in [2.24, 2.45) is 0 Å². The van der Waals surface area contributed by atoms with E-state index in [1.54, 1.807) is 0 Å². The molecule has 1 heterocycles. The van der Waals surface area contributed by atoms with E-state index in [1.807, 2.05) is 30.3 Å². The molecule has 0 aliphatic heterocycles. The van der Waals surface area contributed by atoms with Gasteiger partial charge in [0.1, 0.15) is 0 Å². The van der Waals surface area contributed by atoms with E-state index in [-0.39, 0.29) is 11.8 Å². The lowest BCUT2D eigenvalue weighted by molar-refractivity contribution is -0.121. The predicted molar refractivity (Wildman–Crippen MR) is 153 cm³/mol. The fraction of sp³-hybridized carbons (Fsp3) is 0.206. The van der Waals surface area contributed by atoms with Crippen molar-refractivity contribution < 1.29 is 4.79 Å². The van der Waals surface area contributed by atoms with Gasteiger partial charge in [-0.3, -0.25) is 4.79 Å². The molecule has 0 unspecified atom stereocenters. The number of nitrogens with one attached hydrogen (secondary N) is 1. The standard InChI is InChI=1S/C34H34N2O/c1-26-16-18-29(19-17-26)24-36-25-32(31-14-8-9-15-33(31)36)30(21-20-27-10-4-2-5-11-27)22-34(37)35-23-28-12-6-3-7-13-28/h2-19,25,30H,20-24H2,1H3,(H,35,37)/t30-/m0/s1. The maximum absolute atomic E-state index is 13.2. The summed E-state index contributed by atoms with van der Waals surface area (Å²) < 4.78 is 2.34. The summed E-state index contributed by atoms with van der Waals surface area (Å²) in [4.78, 5) is 13.2. The first-order valence-corrected chi connectivity index (χ1v) is 13.1. The molecule has 186 valence electrons. The van der Waals surface area contributed by atoms with Crippen LogP contribution in [0.5, 0.6) is 0 Å². The van der Waals surface area contributed by atoms with E-state index >= 15 is 0 Å². The highest BCUT2D eigenvalue weighted by atomic mass is 16.1. The topological polar surface area (TPSA) is 34.0 Å². The van der Waals surface area contributed by atoms with Gasteiger partial charge in [0.2, 0.25) is 5.91 Å². The third-order valence-electron chi connectivity index (χ3n) is 7.12. The summed E-state index contributed by atoms with van der Waals surface area (Å²) in [6, 6.07) is 38.0. The molecule has 3 nitrogen and oxygen atoms in total.